The van der Waals surface area contributed by atoms with E-state index in [0.717, 1.165) is 12.1 Å². The standard InChI is InChI=1S/C16H11BrF2N2O2S/c1-20-16(22)14-9-5-10(17)12(21-24)6-13(9)23-15(14)8-3-2-7(18)4-11(8)19/h2-6,21,24H,1H3,(H,20,22). The maximum atomic E-state index is 14.2. The van der Waals surface area contributed by atoms with Crippen LogP contribution in [0.3, 0.4) is 0 Å². The summed E-state index contributed by atoms with van der Waals surface area (Å²) in [6, 6.07) is 6.39. The molecule has 0 saturated carbocycles. The van der Waals surface area contributed by atoms with Crippen molar-refractivity contribution in [3.05, 3.63) is 52.0 Å². The van der Waals surface area contributed by atoms with Crippen molar-refractivity contribution < 1.29 is 18.0 Å². The second kappa shape index (κ2) is 6.45. The minimum absolute atomic E-state index is 0.00250. The van der Waals surface area contributed by atoms with Crippen molar-refractivity contribution in [2.45, 2.75) is 0 Å². The number of furan rings is 1. The first-order chi connectivity index (χ1) is 11.5. The maximum Gasteiger partial charge on any atom is 0.255 e. The predicted octanol–water partition coefficient (Wildman–Crippen LogP) is 4.76. The summed E-state index contributed by atoms with van der Waals surface area (Å²) in [4.78, 5) is 12.3. The molecule has 0 spiro atoms. The van der Waals surface area contributed by atoms with Crippen molar-refractivity contribution >= 4 is 51.3 Å². The molecule has 3 aromatic rings. The van der Waals surface area contributed by atoms with Crippen LogP contribution in [0.15, 0.2) is 39.2 Å². The molecule has 1 heterocycles. The number of fused-ring (bicyclic) bond motifs is 1. The van der Waals surface area contributed by atoms with Crippen molar-refractivity contribution in [3.8, 4) is 11.3 Å². The van der Waals surface area contributed by atoms with E-state index in [1.807, 2.05) is 0 Å². The molecular formula is C16H11BrF2N2O2S. The average Bonchev–Trinajstić information content (AvgIpc) is 2.91. The van der Waals surface area contributed by atoms with Gasteiger partial charge >= 0.3 is 0 Å². The number of carbonyl (C=O) groups excluding carboxylic acids is 1. The molecule has 0 aliphatic heterocycles. The number of benzene rings is 2. The van der Waals surface area contributed by atoms with E-state index < -0.39 is 17.5 Å². The third-order valence-electron chi connectivity index (χ3n) is 3.53. The Kier molecular flexibility index (Phi) is 4.51. The minimum atomic E-state index is -0.814. The lowest BCUT2D eigenvalue weighted by molar-refractivity contribution is 0.0964. The zero-order chi connectivity index (χ0) is 17.4. The number of carbonyl (C=O) groups is 1. The van der Waals surface area contributed by atoms with Gasteiger partial charge in [-0.2, -0.15) is 0 Å². The first kappa shape index (κ1) is 16.8. The van der Waals surface area contributed by atoms with Crippen LogP contribution in [-0.4, -0.2) is 13.0 Å². The summed E-state index contributed by atoms with van der Waals surface area (Å²) in [7, 11) is 1.46. The fourth-order valence-corrected chi connectivity index (χ4v) is 3.20. The Hall–Kier alpha value is -2.06. The van der Waals surface area contributed by atoms with E-state index in [9.17, 15) is 13.6 Å². The van der Waals surface area contributed by atoms with Crippen LogP contribution in [0.2, 0.25) is 0 Å². The van der Waals surface area contributed by atoms with Crippen molar-refractivity contribution in [1.82, 2.24) is 5.32 Å². The Morgan fingerprint density at radius 1 is 1.25 bits per heavy atom. The zero-order valence-corrected chi connectivity index (χ0v) is 14.8. The maximum absolute atomic E-state index is 14.2. The van der Waals surface area contributed by atoms with E-state index in [1.165, 1.54) is 13.1 Å². The molecule has 0 fully saturated rings. The SMILES string of the molecule is CNC(=O)c1c(-c2ccc(F)cc2F)oc2cc(NS)c(Br)cc12. The van der Waals surface area contributed by atoms with Gasteiger partial charge in [0.15, 0.2) is 5.76 Å². The second-order valence-electron chi connectivity index (χ2n) is 4.95. The van der Waals surface area contributed by atoms with E-state index in [0.29, 0.717) is 21.1 Å². The highest BCUT2D eigenvalue weighted by atomic mass is 79.9. The van der Waals surface area contributed by atoms with Gasteiger partial charge in [-0.15, -0.1) is 0 Å². The quantitative estimate of drug-likeness (QED) is 0.543. The molecule has 2 aromatic carbocycles. The molecular weight excluding hydrogens is 402 g/mol. The highest BCUT2D eigenvalue weighted by Gasteiger charge is 2.24. The van der Waals surface area contributed by atoms with Gasteiger partial charge in [-0.1, -0.05) is 12.8 Å². The number of anilines is 1. The largest absolute Gasteiger partial charge is 0.455 e. The van der Waals surface area contributed by atoms with Gasteiger partial charge < -0.3 is 14.5 Å². The van der Waals surface area contributed by atoms with Crippen LogP contribution in [0, 0.1) is 11.6 Å². The summed E-state index contributed by atoms with van der Waals surface area (Å²) in [5.74, 6) is -1.93. The molecule has 1 amide bonds. The summed E-state index contributed by atoms with van der Waals surface area (Å²) in [5, 5.41) is 3.00. The number of rotatable bonds is 3. The molecule has 0 atom stereocenters. The Bertz CT molecular complexity index is 959. The fourth-order valence-electron chi connectivity index (χ4n) is 2.42. The van der Waals surface area contributed by atoms with Gasteiger partial charge in [0, 0.05) is 29.0 Å². The van der Waals surface area contributed by atoms with Crippen LogP contribution >= 0.6 is 28.7 Å². The molecule has 3 rings (SSSR count). The summed E-state index contributed by atoms with van der Waals surface area (Å²) in [5.41, 5.74) is 1.16. The average molecular weight is 413 g/mol. The van der Waals surface area contributed by atoms with E-state index in [2.05, 4.69) is 38.8 Å². The molecule has 8 heteroatoms. The van der Waals surface area contributed by atoms with Crippen LogP contribution in [0.25, 0.3) is 22.3 Å². The summed E-state index contributed by atoms with van der Waals surface area (Å²) in [6.07, 6.45) is 0. The third kappa shape index (κ3) is 2.76. The molecule has 4 nitrogen and oxygen atoms in total. The van der Waals surface area contributed by atoms with E-state index in [1.54, 1.807) is 12.1 Å². The Morgan fingerprint density at radius 3 is 2.62 bits per heavy atom. The van der Waals surface area contributed by atoms with Crippen molar-refractivity contribution in [3.63, 3.8) is 0 Å². The van der Waals surface area contributed by atoms with Crippen LogP contribution in [0.1, 0.15) is 10.4 Å². The number of nitrogens with one attached hydrogen (secondary N) is 2. The summed E-state index contributed by atoms with van der Waals surface area (Å²) in [6.45, 7) is 0. The van der Waals surface area contributed by atoms with E-state index >= 15 is 0 Å². The molecule has 124 valence electrons. The normalized spacial score (nSPS) is 10.9. The summed E-state index contributed by atoms with van der Waals surface area (Å²) < 4.78 is 36.4. The van der Waals surface area contributed by atoms with Gasteiger partial charge in [0.05, 0.1) is 16.8 Å². The van der Waals surface area contributed by atoms with Gasteiger partial charge in [-0.25, -0.2) is 8.78 Å². The highest BCUT2D eigenvalue weighted by Crippen LogP contribution is 2.39. The Morgan fingerprint density at radius 2 is 2.00 bits per heavy atom. The van der Waals surface area contributed by atoms with Crippen LogP contribution in [-0.2, 0) is 0 Å². The molecule has 0 aliphatic carbocycles. The fraction of sp³-hybridized carbons (Fsp3) is 0.0625. The smallest absolute Gasteiger partial charge is 0.255 e. The monoisotopic (exact) mass is 412 g/mol. The molecule has 0 aliphatic rings. The number of thiol groups is 1. The third-order valence-corrected chi connectivity index (χ3v) is 4.42. The molecule has 0 saturated heterocycles. The van der Waals surface area contributed by atoms with Crippen molar-refractivity contribution in [1.29, 1.82) is 0 Å². The topological polar surface area (TPSA) is 54.3 Å². The zero-order valence-electron chi connectivity index (χ0n) is 12.3. The first-order valence-corrected chi connectivity index (χ1v) is 8.04. The van der Waals surface area contributed by atoms with Gasteiger partial charge in [0.2, 0.25) is 0 Å². The molecule has 0 unspecified atom stereocenters. The molecule has 0 bridgehead atoms. The Labute approximate surface area is 149 Å². The van der Waals surface area contributed by atoms with E-state index in [4.69, 9.17) is 4.42 Å². The van der Waals surface area contributed by atoms with Crippen molar-refractivity contribution in [2.24, 2.45) is 0 Å². The van der Waals surface area contributed by atoms with Gasteiger partial charge in [0.25, 0.3) is 5.91 Å². The van der Waals surface area contributed by atoms with Crippen molar-refractivity contribution in [2.75, 3.05) is 11.8 Å². The van der Waals surface area contributed by atoms with Crippen LogP contribution in [0.4, 0.5) is 14.5 Å². The number of amides is 1. The van der Waals surface area contributed by atoms with Gasteiger partial charge in [-0.3, -0.25) is 4.79 Å². The predicted molar refractivity (Wildman–Crippen MR) is 95.3 cm³/mol. The highest BCUT2D eigenvalue weighted by molar-refractivity contribution is 9.10. The van der Waals surface area contributed by atoms with Gasteiger partial charge in [0.1, 0.15) is 17.2 Å². The number of hydrogen-bond acceptors (Lipinski definition) is 4. The Balaban J connectivity index is 2.36. The van der Waals surface area contributed by atoms with Crippen LogP contribution in [0.5, 0.6) is 0 Å². The van der Waals surface area contributed by atoms with Crippen LogP contribution < -0.4 is 10.0 Å². The summed E-state index contributed by atoms with van der Waals surface area (Å²) >= 11 is 7.36. The molecule has 0 radical (unpaired) electrons. The lowest BCUT2D eigenvalue weighted by Gasteiger charge is -2.04. The molecule has 2 N–H and O–H groups in total. The lowest BCUT2D eigenvalue weighted by Crippen LogP contribution is -2.18. The number of hydrogen-bond donors (Lipinski definition) is 3. The van der Waals surface area contributed by atoms with Gasteiger partial charge in [-0.05, 0) is 34.1 Å². The minimum Gasteiger partial charge on any atom is -0.455 e. The van der Waals surface area contributed by atoms with E-state index in [-0.39, 0.29) is 16.9 Å². The number of halogens is 3. The first-order valence-electron chi connectivity index (χ1n) is 6.80. The second-order valence-corrected chi connectivity index (χ2v) is 6.03. The lowest BCUT2D eigenvalue weighted by atomic mass is 10.0. The molecule has 24 heavy (non-hydrogen) atoms. The molecule has 1 aromatic heterocycles.